The molecule has 0 atom stereocenters. The van der Waals surface area contributed by atoms with Crippen molar-refractivity contribution in [3.05, 3.63) is 100 Å². The number of nitrogens with one attached hydrogen (secondary N) is 1. The number of rotatable bonds is 5. The number of anilines is 1. The van der Waals surface area contributed by atoms with Gasteiger partial charge in [-0.2, -0.15) is 0 Å². The molecule has 1 aliphatic carbocycles. The fourth-order valence-corrected chi connectivity index (χ4v) is 3.51. The average Bonchev–Trinajstić information content (AvgIpc) is 2.76. The van der Waals surface area contributed by atoms with Crippen LogP contribution in [0.1, 0.15) is 60.6 Å². The third kappa shape index (κ3) is 3.70. The normalized spacial score (nSPS) is 12.2. The number of carbonyl (C=O) groups is 4. The molecule has 1 N–H and O–H groups in total. The number of carbonyl (C=O) groups excluding carboxylic acids is 4. The van der Waals surface area contributed by atoms with E-state index in [4.69, 9.17) is 0 Å². The summed E-state index contributed by atoms with van der Waals surface area (Å²) >= 11 is 0. The SMILES string of the molecule is Cc1ccc(C(=O)CCC(=O)Nc2ccc3c(c2)C(=O)c2ccccc2C3=O)cc1. The first-order valence-electron chi connectivity index (χ1n) is 9.66. The summed E-state index contributed by atoms with van der Waals surface area (Å²) in [7, 11) is 0. The Morgan fingerprint density at radius 3 is 2.00 bits per heavy atom. The first kappa shape index (κ1) is 19.5. The predicted octanol–water partition coefficient (Wildman–Crippen LogP) is 4.37. The van der Waals surface area contributed by atoms with Crippen LogP contribution in [-0.4, -0.2) is 23.3 Å². The van der Waals surface area contributed by atoms with Gasteiger partial charge in [-0.3, -0.25) is 19.2 Å². The van der Waals surface area contributed by atoms with Crippen LogP contribution < -0.4 is 5.32 Å². The molecule has 0 fully saturated rings. The molecule has 0 radical (unpaired) electrons. The van der Waals surface area contributed by atoms with Crippen LogP contribution in [0.2, 0.25) is 0 Å². The maximum Gasteiger partial charge on any atom is 0.224 e. The summed E-state index contributed by atoms with van der Waals surface area (Å²) in [5.41, 5.74) is 3.40. The smallest absolute Gasteiger partial charge is 0.224 e. The highest BCUT2D eigenvalue weighted by Gasteiger charge is 2.29. The summed E-state index contributed by atoms with van der Waals surface area (Å²) in [6, 6.07) is 18.6. The lowest BCUT2D eigenvalue weighted by Crippen LogP contribution is -2.21. The van der Waals surface area contributed by atoms with Crippen LogP contribution in [0.25, 0.3) is 0 Å². The molecule has 0 saturated carbocycles. The van der Waals surface area contributed by atoms with E-state index in [2.05, 4.69) is 5.32 Å². The Hall–Kier alpha value is -3.86. The van der Waals surface area contributed by atoms with E-state index in [1.165, 1.54) is 6.07 Å². The highest BCUT2D eigenvalue weighted by atomic mass is 16.2. The molecule has 0 bridgehead atoms. The second kappa shape index (κ2) is 7.87. The Bertz CT molecular complexity index is 1190. The zero-order chi connectivity index (χ0) is 21.3. The van der Waals surface area contributed by atoms with Crippen molar-refractivity contribution in [1.29, 1.82) is 0 Å². The van der Waals surface area contributed by atoms with Crippen molar-refractivity contribution < 1.29 is 19.2 Å². The molecule has 0 aromatic heterocycles. The Kier molecular flexibility index (Phi) is 5.11. The van der Waals surface area contributed by atoms with Gasteiger partial charge in [0, 0.05) is 46.3 Å². The lowest BCUT2D eigenvalue weighted by atomic mass is 9.84. The van der Waals surface area contributed by atoms with Crippen LogP contribution >= 0.6 is 0 Å². The number of hydrogen-bond donors (Lipinski definition) is 1. The number of fused-ring (bicyclic) bond motifs is 2. The summed E-state index contributed by atoms with van der Waals surface area (Å²) in [6.07, 6.45) is 0.115. The molecular formula is C25H19NO4. The van der Waals surface area contributed by atoms with Crippen LogP contribution in [0.3, 0.4) is 0 Å². The molecule has 0 saturated heterocycles. The standard InChI is InChI=1S/C25H19NO4/c1-15-6-8-16(9-7-15)22(27)12-13-23(28)26-17-10-11-20-21(14-17)25(30)19-5-3-2-4-18(19)24(20)29/h2-11,14H,12-13H2,1H3,(H,26,28). The van der Waals surface area contributed by atoms with Crippen molar-refractivity contribution in [3.8, 4) is 0 Å². The van der Waals surface area contributed by atoms with Crippen LogP contribution in [0.4, 0.5) is 5.69 Å². The number of aryl methyl sites for hydroxylation is 1. The molecule has 0 aliphatic heterocycles. The van der Waals surface area contributed by atoms with Gasteiger partial charge in [-0.25, -0.2) is 0 Å². The molecule has 0 unspecified atom stereocenters. The highest BCUT2D eigenvalue weighted by Crippen LogP contribution is 2.29. The third-order valence-electron chi connectivity index (χ3n) is 5.16. The van der Waals surface area contributed by atoms with Crippen molar-refractivity contribution in [3.63, 3.8) is 0 Å². The van der Waals surface area contributed by atoms with Crippen molar-refractivity contribution >= 4 is 28.9 Å². The van der Waals surface area contributed by atoms with Crippen molar-refractivity contribution in [2.24, 2.45) is 0 Å². The van der Waals surface area contributed by atoms with Gasteiger partial charge in [0.05, 0.1) is 0 Å². The Morgan fingerprint density at radius 1 is 0.733 bits per heavy atom. The van der Waals surface area contributed by atoms with Gasteiger partial charge in [0.25, 0.3) is 0 Å². The summed E-state index contributed by atoms with van der Waals surface area (Å²) in [6.45, 7) is 1.94. The predicted molar refractivity (Wildman–Crippen MR) is 113 cm³/mol. The maximum atomic E-state index is 12.8. The minimum atomic E-state index is -0.328. The van der Waals surface area contributed by atoms with Gasteiger partial charge < -0.3 is 5.32 Å². The first-order chi connectivity index (χ1) is 14.4. The van der Waals surface area contributed by atoms with Gasteiger partial charge in [-0.05, 0) is 25.1 Å². The van der Waals surface area contributed by atoms with Gasteiger partial charge in [-0.15, -0.1) is 0 Å². The summed E-state index contributed by atoms with van der Waals surface area (Å²) < 4.78 is 0. The number of hydrogen-bond acceptors (Lipinski definition) is 4. The van der Waals surface area contributed by atoms with E-state index in [1.807, 2.05) is 19.1 Å². The number of benzene rings is 3. The zero-order valence-corrected chi connectivity index (χ0v) is 16.4. The lowest BCUT2D eigenvalue weighted by Gasteiger charge is -2.18. The van der Waals surface area contributed by atoms with Gasteiger partial charge in [0.1, 0.15) is 0 Å². The quantitative estimate of drug-likeness (QED) is 0.507. The Labute approximate surface area is 173 Å². The van der Waals surface area contributed by atoms with Gasteiger partial charge in [-0.1, -0.05) is 54.1 Å². The topological polar surface area (TPSA) is 80.3 Å². The van der Waals surface area contributed by atoms with Crippen LogP contribution in [0.15, 0.2) is 66.7 Å². The molecule has 5 nitrogen and oxygen atoms in total. The molecule has 1 aliphatic rings. The molecule has 4 rings (SSSR count). The number of ketones is 3. The monoisotopic (exact) mass is 397 g/mol. The highest BCUT2D eigenvalue weighted by molar-refractivity contribution is 6.28. The average molecular weight is 397 g/mol. The van der Waals surface area contributed by atoms with Crippen LogP contribution in [0, 0.1) is 6.92 Å². The van der Waals surface area contributed by atoms with E-state index in [1.54, 1.807) is 48.5 Å². The zero-order valence-electron chi connectivity index (χ0n) is 16.4. The van der Waals surface area contributed by atoms with Crippen molar-refractivity contribution in [2.45, 2.75) is 19.8 Å². The molecule has 3 aromatic rings. The maximum absolute atomic E-state index is 12.8. The third-order valence-corrected chi connectivity index (χ3v) is 5.16. The molecule has 0 spiro atoms. The Morgan fingerprint density at radius 2 is 1.33 bits per heavy atom. The molecule has 148 valence electrons. The summed E-state index contributed by atoms with van der Waals surface area (Å²) in [5.74, 6) is -0.883. The van der Waals surface area contributed by atoms with Crippen LogP contribution in [0.5, 0.6) is 0 Å². The molecule has 5 heteroatoms. The van der Waals surface area contributed by atoms with E-state index in [0.29, 0.717) is 27.9 Å². The van der Waals surface area contributed by atoms with Gasteiger partial charge in [0.2, 0.25) is 5.91 Å². The van der Waals surface area contributed by atoms with Crippen LogP contribution in [-0.2, 0) is 4.79 Å². The second-order valence-corrected chi connectivity index (χ2v) is 7.30. The summed E-state index contributed by atoms with van der Waals surface area (Å²) in [4.78, 5) is 50.0. The van der Waals surface area contributed by atoms with Gasteiger partial charge in [0.15, 0.2) is 17.3 Å². The van der Waals surface area contributed by atoms with E-state index in [0.717, 1.165) is 5.56 Å². The van der Waals surface area contributed by atoms with Crippen molar-refractivity contribution in [1.82, 2.24) is 0 Å². The minimum Gasteiger partial charge on any atom is -0.326 e. The van der Waals surface area contributed by atoms with Crippen molar-refractivity contribution in [2.75, 3.05) is 5.32 Å². The first-order valence-corrected chi connectivity index (χ1v) is 9.66. The minimum absolute atomic E-state index is 0.0273. The molecule has 3 aromatic carbocycles. The fraction of sp³-hybridized carbons (Fsp3) is 0.120. The largest absolute Gasteiger partial charge is 0.326 e. The molecule has 0 heterocycles. The number of amides is 1. The van der Waals surface area contributed by atoms with E-state index in [-0.39, 0.29) is 41.7 Å². The molecular weight excluding hydrogens is 378 g/mol. The number of Topliss-reactive ketones (excluding diaryl/α,β-unsaturated/α-hetero) is 1. The molecule has 30 heavy (non-hydrogen) atoms. The van der Waals surface area contributed by atoms with E-state index < -0.39 is 0 Å². The summed E-state index contributed by atoms with van der Waals surface area (Å²) in [5, 5.41) is 2.71. The van der Waals surface area contributed by atoms with E-state index in [9.17, 15) is 19.2 Å². The fourth-order valence-electron chi connectivity index (χ4n) is 3.51. The molecule has 1 amide bonds. The van der Waals surface area contributed by atoms with E-state index >= 15 is 0 Å². The van der Waals surface area contributed by atoms with Gasteiger partial charge >= 0.3 is 0 Å². The Balaban J connectivity index is 1.45. The lowest BCUT2D eigenvalue weighted by molar-refractivity contribution is -0.116. The second-order valence-electron chi connectivity index (χ2n) is 7.30.